The van der Waals surface area contributed by atoms with Crippen LogP contribution in [0, 0.1) is 0 Å². The summed E-state index contributed by atoms with van der Waals surface area (Å²) in [7, 11) is -2.55. The summed E-state index contributed by atoms with van der Waals surface area (Å²) in [5, 5.41) is 0. The van der Waals surface area contributed by atoms with Crippen molar-refractivity contribution in [3.63, 3.8) is 0 Å². The van der Waals surface area contributed by atoms with Gasteiger partial charge in [0.15, 0.2) is 0 Å². The zero-order valence-electron chi connectivity index (χ0n) is 11.2. The first kappa shape index (κ1) is 13.4. The Balaban J connectivity index is 1.64. The van der Waals surface area contributed by atoms with E-state index in [-0.39, 0.29) is 0 Å². The van der Waals surface area contributed by atoms with Crippen LogP contribution in [-0.4, -0.2) is 12.3 Å². The second-order valence-electron chi connectivity index (χ2n) is 5.01. The van der Waals surface area contributed by atoms with Crippen molar-refractivity contribution in [1.29, 1.82) is 0 Å². The van der Waals surface area contributed by atoms with Crippen molar-refractivity contribution in [3.8, 4) is 0 Å². The highest BCUT2D eigenvalue weighted by Crippen LogP contribution is 2.55. The van der Waals surface area contributed by atoms with E-state index in [1.165, 1.54) is 0 Å². The molecule has 0 aliphatic carbocycles. The predicted molar refractivity (Wildman–Crippen MR) is 83.0 cm³/mol. The Morgan fingerprint density at radius 1 is 0.950 bits per heavy atom. The lowest BCUT2D eigenvalue weighted by atomic mass is 10.1. The van der Waals surface area contributed by atoms with Gasteiger partial charge in [-0.2, -0.15) is 0 Å². The SMILES string of the molecule is O=P1(OCc2ccccc2)CC=C(c2ccccc2)C1. The van der Waals surface area contributed by atoms with Crippen LogP contribution in [0.15, 0.2) is 66.7 Å². The number of hydrogen-bond donors (Lipinski definition) is 0. The van der Waals surface area contributed by atoms with Crippen LogP contribution in [0.5, 0.6) is 0 Å². The highest BCUT2D eigenvalue weighted by Gasteiger charge is 2.29. The van der Waals surface area contributed by atoms with Gasteiger partial charge in [0.2, 0.25) is 7.37 Å². The van der Waals surface area contributed by atoms with Crippen LogP contribution in [0.2, 0.25) is 0 Å². The van der Waals surface area contributed by atoms with Gasteiger partial charge in [0, 0.05) is 6.16 Å². The topological polar surface area (TPSA) is 26.3 Å². The van der Waals surface area contributed by atoms with Gasteiger partial charge >= 0.3 is 0 Å². The molecule has 0 fully saturated rings. The Bertz CT molecular complexity index is 647. The zero-order valence-corrected chi connectivity index (χ0v) is 12.1. The molecule has 1 aliphatic rings. The molecule has 20 heavy (non-hydrogen) atoms. The Morgan fingerprint density at radius 2 is 1.60 bits per heavy atom. The molecule has 0 bridgehead atoms. The van der Waals surface area contributed by atoms with Crippen molar-refractivity contribution in [3.05, 3.63) is 77.9 Å². The summed E-state index contributed by atoms with van der Waals surface area (Å²) in [6, 6.07) is 20.0. The van der Waals surface area contributed by atoms with Crippen LogP contribution in [0.25, 0.3) is 5.57 Å². The molecule has 2 aromatic rings. The maximum absolute atomic E-state index is 12.7. The predicted octanol–water partition coefficient (Wildman–Crippen LogP) is 4.58. The second kappa shape index (κ2) is 5.78. The maximum Gasteiger partial charge on any atom is 0.211 e. The molecule has 2 aromatic carbocycles. The van der Waals surface area contributed by atoms with Gasteiger partial charge < -0.3 is 4.52 Å². The molecule has 0 saturated heterocycles. The fourth-order valence-corrected chi connectivity index (χ4v) is 4.40. The minimum absolute atomic E-state index is 0.425. The summed E-state index contributed by atoms with van der Waals surface area (Å²) in [6.45, 7) is 0.425. The van der Waals surface area contributed by atoms with Crippen LogP contribution in [-0.2, 0) is 15.7 Å². The van der Waals surface area contributed by atoms with E-state index in [4.69, 9.17) is 4.52 Å². The van der Waals surface area contributed by atoms with E-state index in [0.717, 1.165) is 16.7 Å². The average molecular weight is 284 g/mol. The molecular weight excluding hydrogens is 267 g/mol. The lowest BCUT2D eigenvalue weighted by Crippen LogP contribution is -1.95. The van der Waals surface area contributed by atoms with E-state index in [2.05, 4.69) is 18.2 Å². The summed E-state index contributed by atoms with van der Waals surface area (Å²) in [4.78, 5) is 0. The van der Waals surface area contributed by atoms with Crippen LogP contribution in [0.3, 0.4) is 0 Å². The number of rotatable bonds is 4. The molecule has 0 N–H and O–H groups in total. The Kier molecular flexibility index (Phi) is 3.86. The van der Waals surface area contributed by atoms with E-state index in [1.54, 1.807) is 0 Å². The van der Waals surface area contributed by atoms with Gasteiger partial charge in [-0.3, -0.25) is 4.57 Å². The summed E-state index contributed by atoms with van der Waals surface area (Å²) in [5.74, 6) is 0. The Morgan fingerprint density at radius 3 is 2.30 bits per heavy atom. The molecule has 0 saturated carbocycles. The molecule has 3 rings (SSSR count). The molecule has 1 heterocycles. The van der Waals surface area contributed by atoms with Gasteiger partial charge in [0.1, 0.15) is 0 Å². The smallest absolute Gasteiger partial charge is 0.211 e. The van der Waals surface area contributed by atoms with Crippen molar-refractivity contribution >= 4 is 12.9 Å². The zero-order chi connectivity index (χ0) is 13.8. The van der Waals surface area contributed by atoms with Crippen LogP contribution < -0.4 is 0 Å². The fraction of sp³-hybridized carbons (Fsp3) is 0.176. The van der Waals surface area contributed by atoms with Gasteiger partial charge in [0.25, 0.3) is 0 Å². The summed E-state index contributed by atoms with van der Waals surface area (Å²) >= 11 is 0. The molecule has 3 heteroatoms. The van der Waals surface area contributed by atoms with Gasteiger partial charge in [-0.15, -0.1) is 0 Å². The quantitative estimate of drug-likeness (QED) is 0.768. The first-order chi connectivity index (χ1) is 9.75. The summed E-state index contributed by atoms with van der Waals surface area (Å²) < 4.78 is 18.4. The minimum atomic E-state index is -2.55. The van der Waals surface area contributed by atoms with E-state index in [9.17, 15) is 4.57 Å². The van der Waals surface area contributed by atoms with Crippen molar-refractivity contribution in [1.82, 2.24) is 0 Å². The molecule has 1 atom stereocenters. The Labute approximate surface area is 119 Å². The van der Waals surface area contributed by atoms with E-state index in [1.807, 2.05) is 48.5 Å². The number of allylic oxidation sites excluding steroid dienone is 2. The van der Waals surface area contributed by atoms with Gasteiger partial charge in [-0.05, 0) is 16.7 Å². The summed E-state index contributed by atoms with van der Waals surface area (Å²) in [6.07, 6.45) is 3.15. The van der Waals surface area contributed by atoms with Gasteiger partial charge in [0.05, 0.1) is 12.8 Å². The second-order valence-corrected chi connectivity index (χ2v) is 7.58. The van der Waals surface area contributed by atoms with Crippen molar-refractivity contribution in [2.75, 3.05) is 12.3 Å². The molecule has 2 nitrogen and oxygen atoms in total. The van der Waals surface area contributed by atoms with Crippen molar-refractivity contribution in [2.24, 2.45) is 0 Å². The Hall–Kier alpha value is -1.63. The van der Waals surface area contributed by atoms with Crippen LogP contribution in [0.4, 0.5) is 0 Å². The molecule has 1 unspecified atom stereocenters. The van der Waals surface area contributed by atoms with E-state index < -0.39 is 7.37 Å². The molecule has 1 aliphatic heterocycles. The highest BCUT2D eigenvalue weighted by molar-refractivity contribution is 7.60. The summed E-state index contributed by atoms with van der Waals surface area (Å²) in [5.41, 5.74) is 3.35. The molecule has 0 amide bonds. The molecule has 0 spiro atoms. The molecular formula is C17H17O2P. The molecule has 0 aromatic heterocycles. The monoisotopic (exact) mass is 284 g/mol. The van der Waals surface area contributed by atoms with Gasteiger partial charge in [-0.1, -0.05) is 66.7 Å². The normalized spacial score (nSPS) is 21.7. The van der Waals surface area contributed by atoms with E-state index >= 15 is 0 Å². The minimum Gasteiger partial charge on any atom is -0.323 e. The molecule has 0 radical (unpaired) electrons. The third kappa shape index (κ3) is 3.09. The largest absolute Gasteiger partial charge is 0.323 e. The first-order valence-corrected chi connectivity index (χ1v) is 8.76. The lowest BCUT2D eigenvalue weighted by molar-refractivity contribution is 0.307. The third-order valence-electron chi connectivity index (χ3n) is 3.48. The van der Waals surface area contributed by atoms with Crippen LogP contribution >= 0.6 is 7.37 Å². The van der Waals surface area contributed by atoms with Gasteiger partial charge in [-0.25, -0.2) is 0 Å². The molecule has 102 valence electrons. The van der Waals surface area contributed by atoms with Crippen molar-refractivity contribution < 1.29 is 9.09 Å². The maximum atomic E-state index is 12.7. The van der Waals surface area contributed by atoms with E-state index in [0.29, 0.717) is 18.9 Å². The van der Waals surface area contributed by atoms with Crippen LogP contribution in [0.1, 0.15) is 11.1 Å². The first-order valence-electron chi connectivity index (χ1n) is 6.76. The van der Waals surface area contributed by atoms with Crippen molar-refractivity contribution in [2.45, 2.75) is 6.61 Å². The number of hydrogen-bond acceptors (Lipinski definition) is 2. The standard InChI is InChI=1S/C17H17O2P/c18-20(19-13-15-7-3-1-4-8-15)12-11-17(14-20)16-9-5-2-6-10-16/h1-11H,12-14H2. The average Bonchev–Trinajstić information content (AvgIpc) is 2.90. The fourth-order valence-electron chi connectivity index (χ4n) is 2.36. The highest BCUT2D eigenvalue weighted by atomic mass is 31.2. The third-order valence-corrected chi connectivity index (χ3v) is 5.64. The number of benzene rings is 2. The lowest BCUT2D eigenvalue weighted by Gasteiger charge is -2.13.